The topological polar surface area (TPSA) is 33.5 Å². The fourth-order valence-electron chi connectivity index (χ4n) is 9.95. The van der Waals surface area contributed by atoms with Crippen molar-refractivity contribution >= 4 is 33.2 Å². The van der Waals surface area contributed by atoms with E-state index in [4.69, 9.17) is 9.72 Å². The largest absolute Gasteiger partial charge is 0.457 e. The molecule has 0 saturated carbocycles. The van der Waals surface area contributed by atoms with Gasteiger partial charge in [-0.25, -0.2) is 4.98 Å². The molecule has 0 aliphatic carbocycles. The van der Waals surface area contributed by atoms with Crippen molar-refractivity contribution in [3.05, 3.63) is 228 Å². The quantitative estimate of drug-likeness (QED) is 0.137. The van der Waals surface area contributed by atoms with Crippen molar-refractivity contribution in [2.24, 2.45) is 0 Å². The van der Waals surface area contributed by atoms with Crippen molar-refractivity contribution in [2.45, 2.75) is 90.9 Å². The highest BCUT2D eigenvalue weighted by Crippen LogP contribution is 2.45. The van der Waals surface area contributed by atoms with E-state index in [0.29, 0.717) is 6.67 Å². The first-order valence-corrected chi connectivity index (χ1v) is 24.4. The summed E-state index contributed by atoms with van der Waals surface area (Å²) in [6, 6.07) is 65.6. The van der Waals surface area contributed by atoms with Crippen LogP contribution in [0.3, 0.4) is 0 Å². The Labute approximate surface area is 409 Å². The molecule has 9 aromatic rings. The number of fused-ring (bicyclic) bond motifs is 3. The zero-order valence-electron chi connectivity index (χ0n) is 41.9. The first-order valence-electron chi connectivity index (χ1n) is 24.4. The van der Waals surface area contributed by atoms with Gasteiger partial charge in [-0.05, 0) is 104 Å². The zero-order valence-corrected chi connectivity index (χ0v) is 41.9. The normalized spacial score (nSPS) is 13.6. The van der Waals surface area contributed by atoms with Gasteiger partial charge in [0.1, 0.15) is 17.3 Å². The summed E-state index contributed by atoms with van der Waals surface area (Å²) in [6.45, 7) is 23.8. The van der Waals surface area contributed by atoms with Gasteiger partial charge < -0.3 is 14.5 Å². The maximum absolute atomic E-state index is 7.06. The lowest BCUT2D eigenvalue weighted by molar-refractivity contribution is 0.483. The number of nitrogens with zero attached hydrogens (tertiary/aromatic N) is 4. The third-order valence-corrected chi connectivity index (χ3v) is 14.4. The molecular formula is C64H64N4O. The third kappa shape index (κ3) is 8.72. The molecule has 1 aliphatic rings. The van der Waals surface area contributed by atoms with Crippen LogP contribution in [0.2, 0.25) is 0 Å². The average molecular weight is 905 g/mol. The summed E-state index contributed by atoms with van der Waals surface area (Å²) in [5.41, 5.74) is 13.6. The average Bonchev–Trinajstić information content (AvgIpc) is 3.95. The Bertz CT molecular complexity index is 3320. The Balaban J connectivity index is 1.09. The number of hydrogen-bond donors (Lipinski definition) is 0. The summed E-state index contributed by atoms with van der Waals surface area (Å²) in [4.78, 5) is 9.95. The molecule has 0 bridgehead atoms. The Hall–Kier alpha value is -7.37. The molecule has 0 saturated heterocycles. The number of anilines is 2. The molecule has 5 nitrogen and oxygen atoms in total. The summed E-state index contributed by atoms with van der Waals surface area (Å²) in [5.74, 6) is 2.38. The molecule has 0 amide bonds. The molecule has 2 aromatic heterocycles. The summed E-state index contributed by atoms with van der Waals surface area (Å²) < 4.78 is 9.34. The molecular weight excluding hydrogens is 841 g/mol. The number of para-hydroxylation sites is 1. The number of benzene rings is 7. The highest BCUT2D eigenvalue weighted by molar-refractivity contribution is 6.09. The summed E-state index contributed by atoms with van der Waals surface area (Å²) in [5, 5.41) is 2.32. The number of allylic oxidation sites excluding steroid dienone is 1. The van der Waals surface area contributed by atoms with Crippen LogP contribution in [0.15, 0.2) is 200 Å². The van der Waals surface area contributed by atoms with Gasteiger partial charge in [-0.1, -0.05) is 184 Å². The van der Waals surface area contributed by atoms with Gasteiger partial charge in [0.25, 0.3) is 0 Å². The number of pyridine rings is 1. The van der Waals surface area contributed by atoms with Crippen molar-refractivity contribution < 1.29 is 4.74 Å². The molecule has 69 heavy (non-hydrogen) atoms. The fraction of sp³-hybridized carbons (Fsp3) is 0.234. The number of rotatable bonds is 10. The minimum atomic E-state index is -0.314. The van der Waals surface area contributed by atoms with Crippen molar-refractivity contribution in [1.82, 2.24) is 9.55 Å². The van der Waals surface area contributed by atoms with Crippen LogP contribution in [0.5, 0.6) is 11.5 Å². The minimum absolute atomic E-state index is 0.0261. The van der Waals surface area contributed by atoms with E-state index in [1.807, 2.05) is 6.20 Å². The molecule has 10 rings (SSSR count). The predicted molar refractivity (Wildman–Crippen MR) is 290 cm³/mol. The molecule has 1 aliphatic heterocycles. The van der Waals surface area contributed by atoms with E-state index in [0.717, 1.165) is 50.6 Å². The van der Waals surface area contributed by atoms with Crippen LogP contribution >= 0.6 is 0 Å². The van der Waals surface area contributed by atoms with Crippen molar-refractivity contribution in [3.63, 3.8) is 0 Å². The minimum Gasteiger partial charge on any atom is -0.457 e. The van der Waals surface area contributed by atoms with E-state index < -0.39 is 0 Å². The highest BCUT2D eigenvalue weighted by atomic mass is 16.5. The highest BCUT2D eigenvalue weighted by Gasteiger charge is 2.37. The molecule has 0 radical (unpaired) electrons. The fourth-order valence-corrected chi connectivity index (χ4v) is 9.95. The van der Waals surface area contributed by atoms with E-state index in [-0.39, 0.29) is 21.7 Å². The Morgan fingerprint density at radius 3 is 1.68 bits per heavy atom. The van der Waals surface area contributed by atoms with Crippen molar-refractivity contribution in [1.29, 1.82) is 0 Å². The second-order valence-electron chi connectivity index (χ2n) is 21.9. The smallest absolute Gasteiger partial charge is 0.137 e. The van der Waals surface area contributed by atoms with E-state index in [1.54, 1.807) is 0 Å². The molecule has 3 heterocycles. The van der Waals surface area contributed by atoms with Crippen LogP contribution in [0.1, 0.15) is 97.1 Å². The number of hydrogen-bond acceptors (Lipinski definition) is 4. The van der Waals surface area contributed by atoms with Gasteiger partial charge in [-0.3, -0.25) is 4.57 Å². The summed E-state index contributed by atoms with van der Waals surface area (Å²) in [7, 11) is 0. The van der Waals surface area contributed by atoms with Crippen molar-refractivity contribution in [2.75, 3.05) is 16.5 Å². The Morgan fingerprint density at radius 1 is 0.435 bits per heavy atom. The Kier molecular flexibility index (Phi) is 11.4. The molecule has 346 valence electrons. The number of ether oxygens (including phenoxy) is 1. The molecule has 7 aromatic carbocycles. The van der Waals surface area contributed by atoms with Crippen LogP contribution in [-0.2, 0) is 21.7 Å². The lowest BCUT2D eigenvalue weighted by Crippen LogP contribution is -2.34. The van der Waals surface area contributed by atoms with Gasteiger partial charge >= 0.3 is 0 Å². The van der Waals surface area contributed by atoms with Gasteiger partial charge in [0.15, 0.2) is 0 Å². The molecule has 0 atom stereocenters. The van der Waals surface area contributed by atoms with Crippen molar-refractivity contribution in [3.8, 4) is 28.4 Å². The van der Waals surface area contributed by atoms with E-state index in [9.17, 15) is 0 Å². The SMILES string of the molecule is CC(C)(C)c1cc(N2CN(c3cc(Oc4ccc5c6ccccc6n(-c6cc(C(C)(C)c7ccccc7)ccn6)c5c4)cc(-c4ccccc4)c3)C=C2C(C)(C)c2ccccc2)cc(C(C)(C)C)c1. The van der Waals surface area contributed by atoms with E-state index in [1.165, 1.54) is 44.6 Å². The molecule has 5 heteroatoms. The lowest BCUT2D eigenvalue weighted by atomic mass is 9.78. The molecule has 0 spiro atoms. The van der Waals surface area contributed by atoms with Gasteiger partial charge in [0, 0.05) is 63.2 Å². The Morgan fingerprint density at radius 2 is 1.03 bits per heavy atom. The summed E-state index contributed by atoms with van der Waals surface area (Å²) >= 11 is 0. The summed E-state index contributed by atoms with van der Waals surface area (Å²) in [6.07, 6.45) is 4.31. The second kappa shape index (κ2) is 17.3. The van der Waals surface area contributed by atoms with Crippen LogP contribution < -0.4 is 14.5 Å². The first kappa shape index (κ1) is 45.4. The van der Waals surface area contributed by atoms with Gasteiger partial charge in [0.2, 0.25) is 0 Å². The lowest BCUT2D eigenvalue weighted by Gasteiger charge is -2.36. The second-order valence-corrected chi connectivity index (χ2v) is 21.9. The maximum atomic E-state index is 7.06. The molecule has 0 N–H and O–H groups in total. The van der Waals surface area contributed by atoms with Gasteiger partial charge in [-0.2, -0.15) is 0 Å². The van der Waals surface area contributed by atoms with Crippen LogP contribution in [0.4, 0.5) is 11.4 Å². The zero-order chi connectivity index (χ0) is 48.3. The first-order chi connectivity index (χ1) is 32.9. The van der Waals surface area contributed by atoms with E-state index in [2.05, 4.69) is 272 Å². The van der Waals surface area contributed by atoms with Gasteiger partial charge in [0.05, 0.1) is 17.7 Å². The monoisotopic (exact) mass is 905 g/mol. The third-order valence-electron chi connectivity index (χ3n) is 14.4. The van der Waals surface area contributed by atoms with Crippen LogP contribution in [0.25, 0.3) is 38.8 Å². The maximum Gasteiger partial charge on any atom is 0.137 e. The van der Waals surface area contributed by atoms with Crippen LogP contribution in [-0.4, -0.2) is 16.2 Å². The van der Waals surface area contributed by atoms with Gasteiger partial charge in [-0.15, -0.1) is 0 Å². The molecule has 0 unspecified atom stereocenters. The van der Waals surface area contributed by atoms with Crippen LogP contribution in [0, 0.1) is 0 Å². The predicted octanol–water partition coefficient (Wildman–Crippen LogP) is 16.7. The molecule has 0 fully saturated rings. The standard InChI is InChI=1S/C64H64N4O/c1-61(2,3)49-36-50(62(4,5)6)38-52(37-49)67-43-66(42-59(67)64(9,10)47-26-18-13-19-27-47)51-34-45(44-22-14-11-15-23-44)35-54(40-51)69-53-30-31-56-55-28-20-21-29-57(55)68(58(56)41-53)60-39-48(32-33-65-60)63(7,8)46-24-16-12-17-25-46/h11-42H,43H2,1-10H3. The van der Waals surface area contributed by atoms with E-state index >= 15 is 0 Å². The number of aromatic nitrogens is 2.